The summed E-state index contributed by atoms with van der Waals surface area (Å²) >= 11 is -1.41. The van der Waals surface area contributed by atoms with Gasteiger partial charge >= 0.3 is 0 Å². The van der Waals surface area contributed by atoms with Crippen molar-refractivity contribution >= 4 is 23.0 Å². The lowest BCUT2D eigenvalue weighted by Gasteiger charge is -2.24. The summed E-state index contributed by atoms with van der Waals surface area (Å²) in [5.74, 6) is -0.653. The standard InChI is InChI=1S/C19H23FN2O2S/c1-5-19(3,4)22-25(24)16-8-6-7-14(12-16)18(23)21-15-9-10-17(20)13(2)11-15/h6-12,22H,5H2,1-4H3,(H,21,23). The average molecular weight is 362 g/mol. The van der Waals surface area contributed by atoms with Crippen LogP contribution in [0.1, 0.15) is 43.1 Å². The lowest BCUT2D eigenvalue weighted by Crippen LogP contribution is -2.42. The summed E-state index contributed by atoms with van der Waals surface area (Å²) in [6.07, 6.45) is 0.822. The van der Waals surface area contributed by atoms with Crippen LogP contribution in [-0.2, 0) is 11.4 Å². The lowest BCUT2D eigenvalue weighted by molar-refractivity contribution is 0.102. The van der Waals surface area contributed by atoms with E-state index < -0.39 is 11.4 Å². The minimum Gasteiger partial charge on any atom is -0.593 e. The molecule has 2 aromatic rings. The molecule has 1 atom stereocenters. The third-order valence-electron chi connectivity index (χ3n) is 3.98. The molecule has 0 aliphatic heterocycles. The Kier molecular flexibility index (Phi) is 6.21. The van der Waals surface area contributed by atoms with Gasteiger partial charge in [0.15, 0.2) is 4.90 Å². The van der Waals surface area contributed by atoms with Gasteiger partial charge in [-0.3, -0.25) is 4.79 Å². The maximum atomic E-state index is 13.3. The van der Waals surface area contributed by atoms with Gasteiger partial charge in [-0.15, -0.1) is 4.72 Å². The molecule has 0 heterocycles. The molecule has 134 valence electrons. The Morgan fingerprint density at radius 1 is 1.24 bits per heavy atom. The van der Waals surface area contributed by atoms with Gasteiger partial charge in [0.25, 0.3) is 5.91 Å². The first-order valence-corrected chi connectivity index (χ1v) is 9.24. The van der Waals surface area contributed by atoms with Gasteiger partial charge < -0.3 is 9.87 Å². The highest BCUT2D eigenvalue weighted by atomic mass is 32.2. The maximum Gasteiger partial charge on any atom is 0.255 e. The van der Waals surface area contributed by atoms with E-state index in [1.807, 2.05) is 20.8 Å². The Morgan fingerprint density at radius 3 is 2.60 bits per heavy atom. The van der Waals surface area contributed by atoms with Crippen LogP contribution in [0.5, 0.6) is 0 Å². The van der Waals surface area contributed by atoms with Gasteiger partial charge in [0.05, 0.1) is 16.9 Å². The molecular formula is C19H23FN2O2S. The molecule has 0 spiro atoms. The number of aryl methyl sites for hydroxylation is 1. The predicted molar refractivity (Wildman–Crippen MR) is 99.4 cm³/mol. The predicted octanol–water partition coefficient (Wildman–Crippen LogP) is 4.19. The van der Waals surface area contributed by atoms with E-state index in [1.165, 1.54) is 12.1 Å². The smallest absolute Gasteiger partial charge is 0.255 e. The molecule has 25 heavy (non-hydrogen) atoms. The monoisotopic (exact) mass is 362 g/mol. The highest BCUT2D eigenvalue weighted by Gasteiger charge is 2.24. The molecule has 0 aromatic heterocycles. The van der Waals surface area contributed by atoms with Crippen LogP contribution in [0, 0.1) is 12.7 Å². The number of benzene rings is 2. The minimum atomic E-state index is -1.41. The molecule has 4 nitrogen and oxygen atoms in total. The largest absolute Gasteiger partial charge is 0.593 e. The van der Waals surface area contributed by atoms with Gasteiger partial charge in [0.2, 0.25) is 0 Å². The van der Waals surface area contributed by atoms with Crippen molar-refractivity contribution in [2.24, 2.45) is 0 Å². The van der Waals surface area contributed by atoms with Crippen molar-refractivity contribution < 1.29 is 13.7 Å². The van der Waals surface area contributed by atoms with Gasteiger partial charge in [-0.1, -0.05) is 13.0 Å². The SMILES string of the molecule is CCC(C)(C)N[S+]([O-])c1cccc(C(=O)Nc2ccc(F)c(C)c2)c1. The second-order valence-electron chi connectivity index (χ2n) is 6.55. The van der Waals surface area contributed by atoms with Crippen molar-refractivity contribution in [1.29, 1.82) is 0 Å². The van der Waals surface area contributed by atoms with Crippen LogP contribution in [0.3, 0.4) is 0 Å². The van der Waals surface area contributed by atoms with Crippen LogP contribution in [-0.4, -0.2) is 16.0 Å². The Bertz CT molecular complexity index is 765. The van der Waals surface area contributed by atoms with Crippen molar-refractivity contribution in [1.82, 2.24) is 4.72 Å². The molecule has 0 bridgehead atoms. The van der Waals surface area contributed by atoms with Crippen LogP contribution in [0.2, 0.25) is 0 Å². The fourth-order valence-corrected chi connectivity index (χ4v) is 3.26. The fourth-order valence-electron chi connectivity index (χ4n) is 2.06. The van der Waals surface area contributed by atoms with E-state index in [9.17, 15) is 13.7 Å². The number of amides is 1. The normalized spacial score (nSPS) is 12.7. The zero-order valence-electron chi connectivity index (χ0n) is 14.9. The van der Waals surface area contributed by atoms with Crippen molar-refractivity contribution in [2.75, 3.05) is 5.32 Å². The van der Waals surface area contributed by atoms with E-state index in [2.05, 4.69) is 10.0 Å². The highest BCUT2D eigenvalue weighted by Crippen LogP contribution is 2.18. The average Bonchev–Trinajstić information content (AvgIpc) is 2.58. The summed E-state index contributed by atoms with van der Waals surface area (Å²) < 4.78 is 28.8. The first-order valence-electron chi connectivity index (χ1n) is 8.09. The zero-order chi connectivity index (χ0) is 18.6. The Balaban J connectivity index is 2.14. The third kappa shape index (κ3) is 5.29. The van der Waals surface area contributed by atoms with Crippen molar-refractivity contribution in [3.8, 4) is 0 Å². The number of hydrogen-bond acceptors (Lipinski definition) is 3. The molecule has 0 saturated carbocycles. The Hall–Kier alpha value is -1.89. The zero-order valence-corrected chi connectivity index (χ0v) is 15.7. The fraction of sp³-hybridized carbons (Fsp3) is 0.316. The number of carbonyl (C=O) groups is 1. The molecule has 2 aromatic carbocycles. The second kappa shape index (κ2) is 7.99. The molecular weight excluding hydrogens is 339 g/mol. The van der Waals surface area contributed by atoms with Crippen LogP contribution in [0.15, 0.2) is 47.4 Å². The summed E-state index contributed by atoms with van der Waals surface area (Å²) in [7, 11) is 0. The van der Waals surface area contributed by atoms with Crippen molar-refractivity contribution in [3.05, 3.63) is 59.4 Å². The molecule has 0 radical (unpaired) electrons. The van der Waals surface area contributed by atoms with E-state index in [0.29, 0.717) is 21.7 Å². The first kappa shape index (κ1) is 19.4. The van der Waals surface area contributed by atoms with E-state index >= 15 is 0 Å². The van der Waals surface area contributed by atoms with Crippen molar-refractivity contribution in [3.63, 3.8) is 0 Å². The minimum absolute atomic E-state index is 0.269. The van der Waals surface area contributed by atoms with Gasteiger partial charge in [-0.2, -0.15) is 0 Å². The summed E-state index contributed by atoms with van der Waals surface area (Å²) in [5.41, 5.74) is 1.10. The third-order valence-corrected chi connectivity index (χ3v) is 5.40. The molecule has 0 saturated heterocycles. The number of hydrogen-bond donors (Lipinski definition) is 2. The molecule has 1 unspecified atom stereocenters. The number of rotatable bonds is 6. The first-order chi connectivity index (χ1) is 11.7. The molecule has 2 N–H and O–H groups in total. The molecule has 6 heteroatoms. The number of nitrogens with one attached hydrogen (secondary N) is 2. The number of anilines is 1. The summed E-state index contributed by atoms with van der Waals surface area (Å²) in [6, 6.07) is 11.0. The number of carbonyl (C=O) groups excluding carboxylic acids is 1. The van der Waals surface area contributed by atoms with Crippen LogP contribution in [0.25, 0.3) is 0 Å². The summed E-state index contributed by atoms with van der Waals surface area (Å²) in [5, 5.41) is 2.73. The summed E-state index contributed by atoms with van der Waals surface area (Å²) in [6.45, 7) is 7.59. The Labute approximate surface area is 151 Å². The second-order valence-corrected chi connectivity index (χ2v) is 7.77. The van der Waals surface area contributed by atoms with E-state index in [-0.39, 0.29) is 17.3 Å². The quantitative estimate of drug-likeness (QED) is 0.758. The molecule has 0 aliphatic carbocycles. The molecule has 0 aliphatic rings. The topological polar surface area (TPSA) is 64.2 Å². The maximum absolute atomic E-state index is 13.3. The molecule has 2 rings (SSSR count). The number of halogens is 1. The Morgan fingerprint density at radius 2 is 1.96 bits per heavy atom. The van der Waals surface area contributed by atoms with Gasteiger partial charge in [0, 0.05) is 17.3 Å². The van der Waals surface area contributed by atoms with Crippen LogP contribution in [0.4, 0.5) is 10.1 Å². The highest BCUT2D eigenvalue weighted by molar-refractivity contribution is 7.89. The lowest BCUT2D eigenvalue weighted by atomic mass is 10.0. The molecule has 1 amide bonds. The van der Waals surface area contributed by atoms with Gasteiger partial charge in [-0.05, 0) is 63.1 Å². The van der Waals surface area contributed by atoms with Gasteiger partial charge in [-0.25, -0.2) is 4.39 Å². The molecule has 0 fully saturated rings. The summed E-state index contributed by atoms with van der Waals surface area (Å²) in [4.78, 5) is 12.9. The van der Waals surface area contributed by atoms with E-state index in [1.54, 1.807) is 37.3 Å². The van der Waals surface area contributed by atoms with E-state index in [4.69, 9.17) is 0 Å². The van der Waals surface area contributed by atoms with Crippen molar-refractivity contribution in [2.45, 2.75) is 44.6 Å². The van der Waals surface area contributed by atoms with Gasteiger partial charge in [0.1, 0.15) is 5.82 Å². The van der Waals surface area contributed by atoms with Crippen LogP contribution >= 0.6 is 0 Å². The van der Waals surface area contributed by atoms with Crippen LogP contribution < -0.4 is 10.0 Å². The van der Waals surface area contributed by atoms with E-state index in [0.717, 1.165) is 6.42 Å².